The van der Waals surface area contributed by atoms with Crippen molar-refractivity contribution < 1.29 is 9.66 Å². The minimum absolute atomic E-state index is 0.483. The van der Waals surface area contributed by atoms with E-state index < -0.39 is 4.92 Å². The average Bonchev–Trinajstić information content (AvgIpc) is 2.17. The highest BCUT2D eigenvalue weighted by Crippen LogP contribution is 2.06. The molecule has 0 aromatic heterocycles. The van der Waals surface area contributed by atoms with Crippen LogP contribution in [0.4, 0.5) is 0 Å². The van der Waals surface area contributed by atoms with Gasteiger partial charge in [-0.05, 0) is 11.1 Å². The van der Waals surface area contributed by atoms with E-state index in [0.29, 0.717) is 6.61 Å². The second kappa shape index (κ2) is 5.14. The standard InChI is InChI=1S/C10H11NO3/c1-14-8-10-4-2-9(3-5-10)6-7-11(12)13/h2-7H,8H2,1H3/b7-6+. The van der Waals surface area contributed by atoms with Gasteiger partial charge in [-0.2, -0.15) is 0 Å². The van der Waals surface area contributed by atoms with Gasteiger partial charge in [-0.1, -0.05) is 24.3 Å². The van der Waals surface area contributed by atoms with E-state index in [-0.39, 0.29) is 0 Å². The van der Waals surface area contributed by atoms with Crippen LogP contribution < -0.4 is 0 Å². The molecule has 1 aromatic rings. The average molecular weight is 193 g/mol. The van der Waals surface area contributed by atoms with Gasteiger partial charge in [0.15, 0.2) is 0 Å². The lowest BCUT2D eigenvalue weighted by molar-refractivity contribution is -0.400. The van der Waals surface area contributed by atoms with Crippen molar-refractivity contribution in [2.24, 2.45) is 0 Å². The van der Waals surface area contributed by atoms with Crippen molar-refractivity contribution in [1.29, 1.82) is 0 Å². The predicted molar refractivity (Wildman–Crippen MR) is 53.2 cm³/mol. The molecule has 0 heterocycles. The van der Waals surface area contributed by atoms with E-state index in [1.165, 1.54) is 6.08 Å². The van der Waals surface area contributed by atoms with Gasteiger partial charge >= 0.3 is 0 Å². The summed E-state index contributed by atoms with van der Waals surface area (Å²) in [5.74, 6) is 0. The molecule has 0 radical (unpaired) electrons. The van der Waals surface area contributed by atoms with E-state index >= 15 is 0 Å². The van der Waals surface area contributed by atoms with Gasteiger partial charge in [0, 0.05) is 13.2 Å². The zero-order chi connectivity index (χ0) is 10.4. The summed E-state index contributed by atoms with van der Waals surface area (Å²) in [4.78, 5) is 9.56. The lowest BCUT2D eigenvalue weighted by Crippen LogP contribution is -1.87. The first-order chi connectivity index (χ1) is 6.72. The van der Waals surface area contributed by atoms with Crippen molar-refractivity contribution in [2.75, 3.05) is 7.11 Å². The number of nitro groups is 1. The number of methoxy groups -OCH3 is 1. The maximum Gasteiger partial charge on any atom is 0.235 e. The maximum atomic E-state index is 10.0. The second-order valence-corrected chi connectivity index (χ2v) is 2.78. The monoisotopic (exact) mass is 193 g/mol. The van der Waals surface area contributed by atoms with E-state index in [2.05, 4.69) is 0 Å². The van der Waals surface area contributed by atoms with Gasteiger partial charge in [0.05, 0.1) is 11.5 Å². The van der Waals surface area contributed by atoms with Gasteiger partial charge in [0.25, 0.3) is 0 Å². The van der Waals surface area contributed by atoms with Crippen LogP contribution in [0.15, 0.2) is 30.5 Å². The molecule has 0 atom stereocenters. The van der Waals surface area contributed by atoms with E-state index in [4.69, 9.17) is 4.74 Å². The summed E-state index contributed by atoms with van der Waals surface area (Å²) < 4.78 is 4.94. The van der Waals surface area contributed by atoms with Crippen LogP contribution in [0.5, 0.6) is 0 Å². The smallest absolute Gasteiger partial charge is 0.235 e. The van der Waals surface area contributed by atoms with E-state index in [0.717, 1.165) is 17.3 Å². The third-order valence-electron chi connectivity index (χ3n) is 1.68. The number of ether oxygens (including phenoxy) is 1. The maximum absolute atomic E-state index is 10.0. The number of hydrogen-bond acceptors (Lipinski definition) is 3. The van der Waals surface area contributed by atoms with E-state index in [1.807, 2.05) is 24.3 Å². The summed E-state index contributed by atoms with van der Waals surface area (Å²) in [7, 11) is 1.63. The molecule has 0 saturated heterocycles. The van der Waals surface area contributed by atoms with Crippen LogP contribution in [-0.4, -0.2) is 12.0 Å². The van der Waals surface area contributed by atoms with Crippen molar-refractivity contribution in [3.63, 3.8) is 0 Å². The highest BCUT2D eigenvalue weighted by molar-refractivity contribution is 5.48. The van der Waals surface area contributed by atoms with Crippen molar-refractivity contribution in [3.8, 4) is 0 Å². The van der Waals surface area contributed by atoms with Gasteiger partial charge < -0.3 is 4.74 Å². The molecule has 4 nitrogen and oxygen atoms in total. The summed E-state index contributed by atoms with van der Waals surface area (Å²) in [6.45, 7) is 0.555. The molecule has 0 aliphatic heterocycles. The largest absolute Gasteiger partial charge is 0.380 e. The zero-order valence-electron chi connectivity index (χ0n) is 7.84. The first-order valence-electron chi connectivity index (χ1n) is 4.12. The van der Waals surface area contributed by atoms with Crippen LogP contribution in [0.1, 0.15) is 11.1 Å². The van der Waals surface area contributed by atoms with Crippen LogP contribution >= 0.6 is 0 Å². The Morgan fingerprint density at radius 3 is 2.57 bits per heavy atom. The van der Waals surface area contributed by atoms with Gasteiger partial charge in [-0.3, -0.25) is 10.1 Å². The minimum Gasteiger partial charge on any atom is -0.380 e. The quantitative estimate of drug-likeness (QED) is 0.543. The Morgan fingerprint density at radius 1 is 1.43 bits per heavy atom. The summed E-state index contributed by atoms with van der Waals surface area (Å²) in [5, 5.41) is 10.0. The molecular formula is C10H11NO3. The van der Waals surface area contributed by atoms with E-state index in [9.17, 15) is 10.1 Å². The fraction of sp³-hybridized carbons (Fsp3) is 0.200. The normalized spacial score (nSPS) is 10.6. The van der Waals surface area contributed by atoms with E-state index in [1.54, 1.807) is 7.11 Å². The van der Waals surface area contributed by atoms with Crippen molar-refractivity contribution in [3.05, 3.63) is 51.7 Å². The summed E-state index contributed by atoms with van der Waals surface area (Å²) in [6.07, 6.45) is 2.38. The molecule has 0 unspecified atom stereocenters. The fourth-order valence-electron chi connectivity index (χ4n) is 1.04. The lowest BCUT2D eigenvalue weighted by Gasteiger charge is -1.98. The van der Waals surface area contributed by atoms with Gasteiger partial charge in [0.1, 0.15) is 0 Å². The van der Waals surface area contributed by atoms with Gasteiger partial charge in [-0.25, -0.2) is 0 Å². The molecule has 0 aliphatic rings. The highest BCUT2D eigenvalue weighted by atomic mass is 16.6. The summed E-state index contributed by atoms with van der Waals surface area (Å²) in [6, 6.07) is 7.38. The van der Waals surface area contributed by atoms with Gasteiger partial charge in [-0.15, -0.1) is 0 Å². The molecule has 0 aliphatic carbocycles. The Kier molecular flexibility index (Phi) is 3.82. The number of benzene rings is 1. The molecule has 1 rings (SSSR count). The van der Waals surface area contributed by atoms with Crippen molar-refractivity contribution in [2.45, 2.75) is 6.61 Å². The molecule has 0 bridgehead atoms. The van der Waals surface area contributed by atoms with Crippen LogP contribution in [-0.2, 0) is 11.3 Å². The van der Waals surface area contributed by atoms with Crippen LogP contribution in [0.25, 0.3) is 6.08 Å². The topological polar surface area (TPSA) is 52.4 Å². The fourth-order valence-corrected chi connectivity index (χ4v) is 1.04. The molecule has 74 valence electrons. The van der Waals surface area contributed by atoms with Gasteiger partial charge in [0.2, 0.25) is 6.20 Å². The number of rotatable bonds is 4. The van der Waals surface area contributed by atoms with Crippen molar-refractivity contribution in [1.82, 2.24) is 0 Å². The SMILES string of the molecule is COCc1ccc(/C=C/[N+](=O)[O-])cc1. The molecule has 14 heavy (non-hydrogen) atoms. The zero-order valence-corrected chi connectivity index (χ0v) is 7.84. The van der Waals surface area contributed by atoms with Crippen LogP contribution in [0.2, 0.25) is 0 Å². The molecular weight excluding hydrogens is 182 g/mol. The Bertz CT molecular complexity index is 330. The Morgan fingerprint density at radius 2 is 2.07 bits per heavy atom. The molecule has 0 fully saturated rings. The lowest BCUT2D eigenvalue weighted by atomic mass is 10.1. The Balaban J connectivity index is 2.68. The Labute approximate surface area is 82.0 Å². The third kappa shape index (κ3) is 3.37. The molecule has 0 N–H and O–H groups in total. The molecule has 0 saturated carbocycles. The summed E-state index contributed by atoms with van der Waals surface area (Å²) in [5.41, 5.74) is 1.85. The molecule has 0 amide bonds. The van der Waals surface area contributed by atoms with Crippen LogP contribution in [0.3, 0.4) is 0 Å². The number of nitrogens with zero attached hydrogens (tertiary/aromatic N) is 1. The predicted octanol–water partition coefficient (Wildman–Crippen LogP) is 2.08. The van der Waals surface area contributed by atoms with Crippen molar-refractivity contribution >= 4 is 6.08 Å². The van der Waals surface area contributed by atoms with Crippen LogP contribution in [0, 0.1) is 10.1 Å². The molecule has 4 heteroatoms. The Hall–Kier alpha value is -1.68. The summed E-state index contributed by atoms with van der Waals surface area (Å²) >= 11 is 0. The third-order valence-corrected chi connectivity index (χ3v) is 1.68. The highest BCUT2D eigenvalue weighted by Gasteiger charge is 1.92. The first-order valence-corrected chi connectivity index (χ1v) is 4.12. The molecule has 1 aromatic carbocycles. The molecule has 0 spiro atoms. The second-order valence-electron chi connectivity index (χ2n) is 2.78. The number of hydrogen-bond donors (Lipinski definition) is 0. The minimum atomic E-state index is -0.483. The first kappa shape index (κ1) is 10.4.